The zero-order valence-electron chi connectivity index (χ0n) is 22.0. The van der Waals surface area contributed by atoms with Crippen LogP contribution in [0.4, 0.5) is 5.69 Å². The number of amidine groups is 1. The lowest BCUT2D eigenvalue weighted by atomic mass is 9.95. The van der Waals surface area contributed by atoms with Gasteiger partial charge in [0.1, 0.15) is 18.2 Å². The second kappa shape index (κ2) is 14.5. The first-order valence-corrected chi connectivity index (χ1v) is 12.9. The number of piperidine rings is 1. The molecule has 1 aromatic carbocycles. The minimum atomic E-state index is -1.12. The van der Waals surface area contributed by atoms with E-state index in [9.17, 15) is 14.4 Å². The number of esters is 1. The number of carbonyl (C=O) groups is 3. The van der Waals surface area contributed by atoms with Crippen molar-refractivity contribution in [2.45, 2.75) is 38.6 Å². The van der Waals surface area contributed by atoms with Crippen LogP contribution in [0.3, 0.4) is 0 Å². The highest BCUT2D eigenvalue weighted by molar-refractivity contribution is 5.96. The van der Waals surface area contributed by atoms with E-state index in [1.165, 1.54) is 6.08 Å². The van der Waals surface area contributed by atoms with Crippen LogP contribution in [0.2, 0.25) is 0 Å². The van der Waals surface area contributed by atoms with Gasteiger partial charge in [0, 0.05) is 60.7 Å². The predicted octanol–water partition coefficient (Wildman–Crippen LogP) is 2.59. The molecule has 0 saturated carbocycles. The van der Waals surface area contributed by atoms with Crippen molar-refractivity contribution >= 4 is 35.4 Å². The van der Waals surface area contributed by atoms with Crippen LogP contribution in [0, 0.1) is 11.3 Å². The highest BCUT2D eigenvalue weighted by Crippen LogP contribution is 2.25. The smallest absolute Gasteiger partial charge is 0.328 e. The van der Waals surface area contributed by atoms with Crippen molar-refractivity contribution in [2.24, 2.45) is 11.7 Å². The number of aromatic nitrogens is 1. The van der Waals surface area contributed by atoms with Gasteiger partial charge >= 0.3 is 11.9 Å². The average Bonchev–Trinajstić information content (AvgIpc) is 2.94. The Morgan fingerprint density at radius 3 is 2.59 bits per heavy atom. The molecule has 11 nitrogen and oxygen atoms in total. The van der Waals surface area contributed by atoms with Crippen LogP contribution in [-0.2, 0) is 19.1 Å². The summed E-state index contributed by atoms with van der Waals surface area (Å²) in [5.41, 5.74) is 7.57. The zero-order chi connectivity index (χ0) is 28.2. The van der Waals surface area contributed by atoms with Crippen LogP contribution in [0.15, 0.2) is 48.8 Å². The zero-order valence-corrected chi connectivity index (χ0v) is 22.0. The van der Waals surface area contributed by atoms with Crippen LogP contribution in [-0.4, -0.2) is 66.1 Å². The molecule has 1 fully saturated rings. The van der Waals surface area contributed by atoms with Gasteiger partial charge in [-0.05, 0) is 50.5 Å². The number of nitrogens with zero attached hydrogens (tertiary/aromatic N) is 2. The van der Waals surface area contributed by atoms with Crippen LogP contribution < -0.4 is 20.7 Å². The molecule has 1 atom stereocenters. The lowest BCUT2D eigenvalue weighted by Gasteiger charge is -2.33. The molecule has 0 bridgehead atoms. The number of aliphatic carboxylic acids is 1. The maximum atomic E-state index is 13.2. The van der Waals surface area contributed by atoms with Gasteiger partial charge < -0.3 is 30.5 Å². The van der Waals surface area contributed by atoms with Gasteiger partial charge in [0.25, 0.3) is 0 Å². The summed E-state index contributed by atoms with van der Waals surface area (Å²) in [5.74, 6) is -1.63. The predicted molar refractivity (Wildman–Crippen MR) is 147 cm³/mol. The normalized spacial score (nSPS) is 14.5. The number of benzene rings is 1. The quantitative estimate of drug-likeness (QED) is 0.130. The summed E-state index contributed by atoms with van der Waals surface area (Å²) >= 11 is 0. The van der Waals surface area contributed by atoms with E-state index in [-0.39, 0.29) is 43.3 Å². The van der Waals surface area contributed by atoms with Crippen LogP contribution in [0.5, 0.6) is 5.75 Å². The number of carboxylic acids is 1. The SMILES string of the molecule is CCOC(=O)CC[C@@H](COc1cc(C(=N)N)ccc1C=CC(=O)O)NC(=O)C1CCN(c2ccncc2)CC1. The monoisotopic (exact) mass is 537 g/mol. The molecule has 2 heterocycles. The van der Waals surface area contributed by atoms with Crippen molar-refractivity contribution in [3.05, 3.63) is 59.9 Å². The molecule has 1 aliphatic rings. The number of anilines is 1. The first-order chi connectivity index (χ1) is 18.8. The van der Waals surface area contributed by atoms with Crippen molar-refractivity contribution in [2.75, 3.05) is 31.2 Å². The third kappa shape index (κ3) is 9.13. The van der Waals surface area contributed by atoms with E-state index in [0.29, 0.717) is 36.1 Å². The number of hydrogen-bond donors (Lipinski definition) is 4. The van der Waals surface area contributed by atoms with Gasteiger partial charge in [-0.1, -0.05) is 12.1 Å². The van der Waals surface area contributed by atoms with E-state index < -0.39 is 12.0 Å². The molecule has 0 spiro atoms. The Bertz CT molecular complexity index is 1180. The Labute approximate surface area is 227 Å². The van der Waals surface area contributed by atoms with Gasteiger partial charge in [0.05, 0.1) is 12.6 Å². The van der Waals surface area contributed by atoms with Crippen LogP contribution in [0.25, 0.3) is 6.08 Å². The van der Waals surface area contributed by atoms with Gasteiger partial charge in [0.15, 0.2) is 0 Å². The molecule has 0 aliphatic carbocycles. The maximum Gasteiger partial charge on any atom is 0.328 e. The molecule has 208 valence electrons. The second-order valence-corrected chi connectivity index (χ2v) is 9.16. The van der Waals surface area contributed by atoms with Crippen LogP contribution in [0.1, 0.15) is 43.7 Å². The number of hydrogen-bond acceptors (Lipinski definition) is 8. The molecule has 2 aromatic rings. The van der Waals surface area contributed by atoms with Crippen molar-refractivity contribution in [3.8, 4) is 5.75 Å². The fraction of sp³-hybridized carbons (Fsp3) is 0.393. The number of rotatable bonds is 13. The van der Waals surface area contributed by atoms with Gasteiger partial charge in [-0.25, -0.2) is 4.79 Å². The van der Waals surface area contributed by atoms with Crippen LogP contribution >= 0.6 is 0 Å². The van der Waals surface area contributed by atoms with Gasteiger partial charge in [-0.15, -0.1) is 0 Å². The lowest BCUT2D eigenvalue weighted by molar-refractivity contribution is -0.143. The summed E-state index contributed by atoms with van der Waals surface area (Å²) in [6, 6.07) is 8.14. The van der Waals surface area contributed by atoms with E-state index >= 15 is 0 Å². The van der Waals surface area contributed by atoms with Crippen molar-refractivity contribution in [1.82, 2.24) is 10.3 Å². The standard InChI is InChI=1S/C28H35N5O6/c1-2-38-26(36)8-6-22(18-39-24-17-21(27(29)30)4-3-19(24)5-7-25(34)35)32-28(37)20-11-15-33(16-12-20)23-9-13-31-14-10-23/h3-5,7,9-10,13-14,17,20,22H,2,6,8,11-12,15-16,18H2,1H3,(H3,29,30)(H,32,37)(H,34,35)/t22-/m0/s1. The number of nitrogens with one attached hydrogen (secondary N) is 2. The Morgan fingerprint density at radius 1 is 1.23 bits per heavy atom. The molecule has 1 amide bonds. The molecule has 0 unspecified atom stereocenters. The van der Waals surface area contributed by atoms with Gasteiger partial charge in [0.2, 0.25) is 5.91 Å². The van der Waals surface area contributed by atoms with E-state index in [1.807, 2.05) is 12.1 Å². The molecule has 5 N–H and O–H groups in total. The van der Waals surface area contributed by atoms with E-state index in [0.717, 1.165) is 24.9 Å². The number of nitrogen functional groups attached to an aromatic ring is 1. The fourth-order valence-corrected chi connectivity index (χ4v) is 4.31. The summed E-state index contributed by atoms with van der Waals surface area (Å²) in [6.07, 6.45) is 7.62. The Balaban J connectivity index is 1.68. The first-order valence-electron chi connectivity index (χ1n) is 12.9. The Morgan fingerprint density at radius 2 is 1.95 bits per heavy atom. The lowest BCUT2D eigenvalue weighted by Crippen LogP contribution is -2.46. The van der Waals surface area contributed by atoms with Gasteiger partial charge in [-0.3, -0.25) is 20.0 Å². The van der Waals surface area contributed by atoms with Crippen molar-refractivity contribution < 1.29 is 29.0 Å². The molecular weight excluding hydrogens is 502 g/mol. The number of ether oxygens (including phenoxy) is 2. The highest BCUT2D eigenvalue weighted by Gasteiger charge is 2.27. The number of carboxylic acid groups (broad SMARTS) is 1. The molecule has 11 heteroatoms. The van der Waals surface area contributed by atoms with Crippen molar-refractivity contribution in [1.29, 1.82) is 5.41 Å². The molecule has 1 aliphatic heterocycles. The summed E-state index contributed by atoms with van der Waals surface area (Å²) in [5, 5.41) is 19.8. The highest BCUT2D eigenvalue weighted by atomic mass is 16.5. The third-order valence-electron chi connectivity index (χ3n) is 6.41. The average molecular weight is 538 g/mol. The van der Waals surface area contributed by atoms with Crippen molar-refractivity contribution in [3.63, 3.8) is 0 Å². The number of nitrogens with two attached hydrogens (primary N) is 1. The summed E-state index contributed by atoms with van der Waals surface area (Å²) < 4.78 is 11.0. The van der Waals surface area contributed by atoms with E-state index in [1.54, 1.807) is 37.5 Å². The molecule has 3 rings (SSSR count). The third-order valence-corrected chi connectivity index (χ3v) is 6.41. The Hall–Kier alpha value is -4.41. The number of amides is 1. The molecular formula is C28H35N5O6. The fourth-order valence-electron chi connectivity index (χ4n) is 4.31. The topological polar surface area (TPSA) is 168 Å². The summed E-state index contributed by atoms with van der Waals surface area (Å²) in [6.45, 7) is 3.50. The summed E-state index contributed by atoms with van der Waals surface area (Å²) in [7, 11) is 0. The summed E-state index contributed by atoms with van der Waals surface area (Å²) in [4.78, 5) is 42.5. The molecule has 1 saturated heterocycles. The minimum absolute atomic E-state index is 0.0241. The van der Waals surface area contributed by atoms with E-state index in [4.69, 9.17) is 25.7 Å². The van der Waals surface area contributed by atoms with Gasteiger partial charge in [-0.2, -0.15) is 0 Å². The first kappa shape index (κ1) is 29.2. The van der Waals surface area contributed by atoms with E-state index in [2.05, 4.69) is 15.2 Å². The molecule has 39 heavy (non-hydrogen) atoms. The second-order valence-electron chi connectivity index (χ2n) is 9.16. The molecule has 1 aromatic heterocycles. The number of carbonyl (C=O) groups excluding carboxylic acids is 2. The molecule has 0 radical (unpaired) electrons. The maximum absolute atomic E-state index is 13.2. The minimum Gasteiger partial charge on any atom is -0.491 e. The number of pyridine rings is 1. The largest absolute Gasteiger partial charge is 0.491 e. The Kier molecular flexibility index (Phi) is 10.8.